The first-order valence-corrected chi connectivity index (χ1v) is 6.49. The summed E-state index contributed by atoms with van der Waals surface area (Å²) in [5.41, 5.74) is 7.19. The summed E-state index contributed by atoms with van der Waals surface area (Å²) >= 11 is 0. The maximum atomic E-state index is 8.62. The van der Waals surface area contributed by atoms with Crippen LogP contribution in [-0.2, 0) is 20.8 Å². The van der Waals surface area contributed by atoms with Crippen molar-refractivity contribution >= 4 is 5.84 Å². The van der Waals surface area contributed by atoms with Gasteiger partial charge in [-0.1, -0.05) is 23.4 Å². The van der Waals surface area contributed by atoms with Crippen LogP contribution in [0.4, 0.5) is 0 Å². The molecule has 3 N–H and O–H groups in total. The second-order valence-electron chi connectivity index (χ2n) is 4.20. The van der Waals surface area contributed by atoms with Crippen LogP contribution in [0.15, 0.2) is 29.4 Å². The molecule has 0 heterocycles. The first kappa shape index (κ1) is 16.4. The number of hydrogen-bond acceptors (Lipinski definition) is 5. The molecule has 6 nitrogen and oxygen atoms in total. The fourth-order valence-electron chi connectivity index (χ4n) is 1.58. The van der Waals surface area contributed by atoms with Gasteiger partial charge in [-0.15, -0.1) is 0 Å². The van der Waals surface area contributed by atoms with Gasteiger partial charge in [-0.25, -0.2) is 0 Å². The van der Waals surface area contributed by atoms with E-state index in [0.717, 1.165) is 12.0 Å². The van der Waals surface area contributed by atoms with Crippen molar-refractivity contribution in [3.05, 3.63) is 35.4 Å². The van der Waals surface area contributed by atoms with Gasteiger partial charge < -0.3 is 25.2 Å². The van der Waals surface area contributed by atoms with Crippen LogP contribution < -0.4 is 5.73 Å². The van der Waals surface area contributed by atoms with Crippen molar-refractivity contribution in [3.63, 3.8) is 0 Å². The summed E-state index contributed by atoms with van der Waals surface area (Å²) in [6.07, 6.45) is 0.837. The van der Waals surface area contributed by atoms with Crippen LogP contribution in [0.2, 0.25) is 0 Å². The van der Waals surface area contributed by atoms with E-state index in [0.29, 0.717) is 38.6 Å². The Labute approximate surface area is 119 Å². The Morgan fingerprint density at radius 1 is 1.20 bits per heavy atom. The van der Waals surface area contributed by atoms with E-state index in [4.69, 9.17) is 25.2 Å². The van der Waals surface area contributed by atoms with Crippen LogP contribution in [-0.4, -0.2) is 44.6 Å². The SMILES string of the molecule is COCCOCCCOCc1cccc(/C(N)=N/O)c1. The predicted octanol–water partition coefficient (Wildman–Crippen LogP) is 1.35. The maximum Gasteiger partial charge on any atom is 0.170 e. The monoisotopic (exact) mass is 282 g/mol. The molecule has 0 amide bonds. The van der Waals surface area contributed by atoms with Gasteiger partial charge >= 0.3 is 0 Å². The van der Waals surface area contributed by atoms with Gasteiger partial charge in [-0.05, 0) is 18.1 Å². The summed E-state index contributed by atoms with van der Waals surface area (Å²) in [5, 5.41) is 11.6. The van der Waals surface area contributed by atoms with E-state index in [-0.39, 0.29) is 5.84 Å². The van der Waals surface area contributed by atoms with E-state index in [9.17, 15) is 0 Å². The van der Waals surface area contributed by atoms with Gasteiger partial charge in [0, 0.05) is 25.9 Å². The van der Waals surface area contributed by atoms with E-state index in [1.165, 1.54) is 0 Å². The molecule has 1 aromatic carbocycles. The first-order valence-electron chi connectivity index (χ1n) is 6.49. The molecule has 0 atom stereocenters. The summed E-state index contributed by atoms with van der Waals surface area (Å²) in [5.74, 6) is 0.0957. The highest BCUT2D eigenvalue weighted by Crippen LogP contribution is 2.06. The van der Waals surface area contributed by atoms with Gasteiger partial charge in [-0.3, -0.25) is 0 Å². The molecule has 0 aliphatic heterocycles. The van der Waals surface area contributed by atoms with Crippen molar-refractivity contribution in [1.29, 1.82) is 0 Å². The normalized spacial score (nSPS) is 11.8. The molecule has 0 saturated carbocycles. The Kier molecular flexibility index (Phi) is 8.37. The predicted molar refractivity (Wildman–Crippen MR) is 75.9 cm³/mol. The fourth-order valence-corrected chi connectivity index (χ4v) is 1.58. The molecule has 0 aromatic heterocycles. The van der Waals surface area contributed by atoms with Crippen LogP contribution in [0, 0.1) is 0 Å². The van der Waals surface area contributed by atoms with Crippen LogP contribution in [0.3, 0.4) is 0 Å². The number of methoxy groups -OCH3 is 1. The largest absolute Gasteiger partial charge is 0.409 e. The number of hydrogen-bond donors (Lipinski definition) is 2. The Bertz CT molecular complexity index is 410. The Morgan fingerprint density at radius 3 is 2.75 bits per heavy atom. The topological polar surface area (TPSA) is 86.3 Å². The average Bonchev–Trinajstić information content (AvgIpc) is 2.49. The minimum Gasteiger partial charge on any atom is -0.409 e. The zero-order chi connectivity index (χ0) is 14.6. The summed E-state index contributed by atoms with van der Waals surface area (Å²) in [4.78, 5) is 0. The average molecular weight is 282 g/mol. The van der Waals surface area contributed by atoms with Gasteiger partial charge in [0.2, 0.25) is 0 Å². The molecule has 0 radical (unpaired) electrons. The molecule has 0 aliphatic rings. The van der Waals surface area contributed by atoms with Crippen LogP contribution in [0.1, 0.15) is 17.5 Å². The Balaban J connectivity index is 2.19. The van der Waals surface area contributed by atoms with Crippen molar-refractivity contribution in [2.75, 3.05) is 33.5 Å². The quantitative estimate of drug-likeness (QED) is 0.222. The van der Waals surface area contributed by atoms with E-state index < -0.39 is 0 Å². The highest BCUT2D eigenvalue weighted by molar-refractivity contribution is 5.97. The van der Waals surface area contributed by atoms with E-state index >= 15 is 0 Å². The molecular formula is C14H22N2O4. The van der Waals surface area contributed by atoms with Crippen molar-refractivity contribution < 1.29 is 19.4 Å². The summed E-state index contributed by atoms with van der Waals surface area (Å²) in [6, 6.07) is 7.40. The molecule has 112 valence electrons. The Morgan fingerprint density at radius 2 is 2.00 bits per heavy atom. The molecule has 0 unspecified atom stereocenters. The second-order valence-corrected chi connectivity index (χ2v) is 4.20. The third kappa shape index (κ3) is 6.51. The lowest BCUT2D eigenvalue weighted by Gasteiger charge is -2.07. The van der Waals surface area contributed by atoms with Gasteiger partial charge in [0.05, 0.1) is 19.8 Å². The third-order valence-corrected chi connectivity index (χ3v) is 2.61. The van der Waals surface area contributed by atoms with Crippen LogP contribution in [0.5, 0.6) is 0 Å². The lowest BCUT2D eigenvalue weighted by molar-refractivity contribution is 0.0483. The van der Waals surface area contributed by atoms with E-state index in [2.05, 4.69) is 5.16 Å². The maximum absolute atomic E-state index is 8.62. The number of amidine groups is 1. The lowest BCUT2D eigenvalue weighted by Crippen LogP contribution is -2.13. The molecule has 0 aliphatic carbocycles. The fraction of sp³-hybridized carbons (Fsp3) is 0.500. The number of nitrogens with two attached hydrogens (primary N) is 1. The Hall–Kier alpha value is -1.63. The van der Waals surface area contributed by atoms with Crippen LogP contribution >= 0.6 is 0 Å². The molecule has 1 aromatic rings. The van der Waals surface area contributed by atoms with Gasteiger partial charge in [0.15, 0.2) is 5.84 Å². The van der Waals surface area contributed by atoms with Gasteiger partial charge in [0.1, 0.15) is 0 Å². The number of nitrogens with zero attached hydrogens (tertiary/aromatic N) is 1. The highest BCUT2D eigenvalue weighted by Gasteiger charge is 2.00. The smallest absolute Gasteiger partial charge is 0.170 e. The number of ether oxygens (including phenoxy) is 3. The van der Waals surface area contributed by atoms with Gasteiger partial charge in [-0.2, -0.15) is 0 Å². The number of rotatable bonds is 10. The molecule has 0 bridgehead atoms. The molecule has 20 heavy (non-hydrogen) atoms. The molecule has 6 heteroatoms. The minimum absolute atomic E-state index is 0.0957. The molecule has 0 fully saturated rings. The van der Waals surface area contributed by atoms with Gasteiger partial charge in [0.25, 0.3) is 0 Å². The first-order chi connectivity index (χ1) is 9.77. The molecule has 0 spiro atoms. The third-order valence-electron chi connectivity index (χ3n) is 2.61. The summed E-state index contributed by atoms with van der Waals surface area (Å²) in [6.45, 7) is 3.00. The number of benzene rings is 1. The van der Waals surface area contributed by atoms with Crippen LogP contribution in [0.25, 0.3) is 0 Å². The summed E-state index contributed by atoms with van der Waals surface area (Å²) in [7, 11) is 1.65. The zero-order valence-electron chi connectivity index (χ0n) is 11.7. The standard InChI is InChI=1S/C14H22N2O4/c1-18-8-9-19-6-3-7-20-11-12-4-2-5-13(10-12)14(15)16-17/h2,4-5,10,17H,3,6-9,11H2,1H3,(H2,15,16). The minimum atomic E-state index is 0.0957. The molecular weight excluding hydrogens is 260 g/mol. The van der Waals surface area contributed by atoms with Crippen molar-refractivity contribution in [1.82, 2.24) is 0 Å². The highest BCUT2D eigenvalue weighted by atomic mass is 16.5. The number of oxime groups is 1. The molecule has 1 rings (SSSR count). The lowest BCUT2D eigenvalue weighted by atomic mass is 10.1. The van der Waals surface area contributed by atoms with Crippen molar-refractivity contribution in [3.8, 4) is 0 Å². The van der Waals surface area contributed by atoms with E-state index in [1.807, 2.05) is 18.2 Å². The summed E-state index contributed by atoms with van der Waals surface area (Å²) < 4.78 is 15.7. The van der Waals surface area contributed by atoms with E-state index in [1.54, 1.807) is 13.2 Å². The zero-order valence-corrected chi connectivity index (χ0v) is 11.7. The molecule has 0 saturated heterocycles. The van der Waals surface area contributed by atoms with Crippen molar-refractivity contribution in [2.45, 2.75) is 13.0 Å². The second kappa shape index (κ2) is 10.2. The van der Waals surface area contributed by atoms with Crippen molar-refractivity contribution in [2.24, 2.45) is 10.9 Å².